The van der Waals surface area contributed by atoms with Crippen molar-refractivity contribution >= 4 is 23.3 Å². The van der Waals surface area contributed by atoms with Crippen molar-refractivity contribution < 1.29 is 19.1 Å². The van der Waals surface area contributed by atoms with E-state index in [1.54, 1.807) is 23.3 Å². The predicted molar refractivity (Wildman–Crippen MR) is 131 cm³/mol. The second kappa shape index (κ2) is 11.9. The Balaban J connectivity index is 1.78. The van der Waals surface area contributed by atoms with Crippen molar-refractivity contribution in [1.29, 1.82) is 0 Å². The molecule has 0 saturated heterocycles. The number of methoxy groups -OCH3 is 1. The summed E-state index contributed by atoms with van der Waals surface area (Å²) in [4.78, 5) is 31.1. The lowest BCUT2D eigenvalue weighted by Gasteiger charge is -2.38. The van der Waals surface area contributed by atoms with Crippen LogP contribution in [-0.2, 0) is 11.2 Å². The Bertz CT molecular complexity index is 932. The first-order valence-corrected chi connectivity index (χ1v) is 12.5. The third-order valence-corrected chi connectivity index (χ3v) is 7.09. The van der Waals surface area contributed by atoms with Crippen LogP contribution in [0.3, 0.4) is 0 Å². The van der Waals surface area contributed by atoms with Crippen molar-refractivity contribution in [3.05, 3.63) is 46.2 Å². The molecule has 0 aliphatic carbocycles. The Morgan fingerprint density at radius 2 is 2.00 bits per heavy atom. The number of benzene rings is 1. The van der Waals surface area contributed by atoms with E-state index in [0.29, 0.717) is 31.2 Å². The van der Waals surface area contributed by atoms with Crippen molar-refractivity contribution in [2.75, 3.05) is 33.4 Å². The number of fused-ring (bicyclic) bond motifs is 1. The van der Waals surface area contributed by atoms with Crippen LogP contribution in [0.25, 0.3) is 0 Å². The molecule has 2 aromatic rings. The molecule has 1 aromatic heterocycles. The van der Waals surface area contributed by atoms with Gasteiger partial charge in [0.05, 0.1) is 13.2 Å². The van der Waals surface area contributed by atoms with E-state index in [1.807, 2.05) is 49.9 Å². The van der Waals surface area contributed by atoms with E-state index in [9.17, 15) is 9.59 Å². The fourth-order valence-electron chi connectivity index (χ4n) is 4.00. The molecule has 3 amide bonds. The van der Waals surface area contributed by atoms with E-state index >= 15 is 0 Å². The molecular weight excluding hydrogens is 438 g/mol. The summed E-state index contributed by atoms with van der Waals surface area (Å²) >= 11 is 1.72. The van der Waals surface area contributed by atoms with Gasteiger partial charge in [0.2, 0.25) is 5.91 Å². The van der Waals surface area contributed by atoms with Gasteiger partial charge < -0.3 is 24.6 Å². The molecule has 1 aromatic carbocycles. The summed E-state index contributed by atoms with van der Waals surface area (Å²) in [6.07, 6.45) is 2.44. The summed E-state index contributed by atoms with van der Waals surface area (Å²) in [5, 5.41) is 4.99. The maximum Gasteiger partial charge on any atom is 0.318 e. The van der Waals surface area contributed by atoms with Crippen LogP contribution in [0.15, 0.2) is 35.7 Å². The minimum absolute atomic E-state index is 0.0319. The number of nitrogens with zero attached hydrogens (tertiary/aromatic N) is 2. The number of hydrogen-bond donors (Lipinski definition) is 1. The summed E-state index contributed by atoms with van der Waals surface area (Å²) in [5.41, 5.74) is 1.13. The summed E-state index contributed by atoms with van der Waals surface area (Å²) in [5.74, 6) is 1.25. The normalized spacial score (nSPS) is 16.0. The second-order valence-corrected chi connectivity index (χ2v) is 9.23. The first-order chi connectivity index (χ1) is 16.0. The SMILES string of the molecule is CCCNC(=O)N(CC(=O)N1CCc2sccc2[C@@H]1COc1ccccc1OC)[C@@H](C)CC. The molecule has 0 spiro atoms. The van der Waals surface area contributed by atoms with Gasteiger partial charge in [0.25, 0.3) is 0 Å². The molecule has 1 aliphatic rings. The number of para-hydroxylation sites is 2. The van der Waals surface area contributed by atoms with Crippen LogP contribution < -0.4 is 14.8 Å². The molecule has 7 nitrogen and oxygen atoms in total. The predicted octanol–water partition coefficient (Wildman–Crippen LogP) is 4.48. The van der Waals surface area contributed by atoms with Crippen molar-refractivity contribution in [3.63, 3.8) is 0 Å². The molecule has 180 valence electrons. The van der Waals surface area contributed by atoms with Gasteiger partial charge in [-0.3, -0.25) is 4.79 Å². The number of ether oxygens (including phenoxy) is 2. The summed E-state index contributed by atoms with van der Waals surface area (Å²) in [7, 11) is 1.61. The first kappa shape index (κ1) is 24.9. The maximum atomic E-state index is 13.5. The van der Waals surface area contributed by atoms with Crippen molar-refractivity contribution in [1.82, 2.24) is 15.1 Å². The highest BCUT2D eigenvalue weighted by Crippen LogP contribution is 2.35. The molecule has 0 unspecified atom stereocenters. The molecule has 8 heteroatoms. The van der Waals surface area contributed by atoms with Crippen LogP contribution in [0, 0.1) is 0 Å². The standard InChI is InChI=1S/C25H35N3O4S/c1-5-13-26-25(30)28(18(3)6-2)16-24(29)27-14-11-23-19(12-15-33-23)20(27)17-32-22-10-8-7-9-21(22)31-4/h7-10,12,15,18,20H,5-6,11,13-14,16-17H2,1-4H3,(H,26,30)/t18-,20-/m0/s1. The Kier molecular flexibility index (Phi) is 9.00. The van der Waals surface area contributed by atoms with Crippen LogP contribution in [0.2, 0.25) is 0 Å². The molecule has 2 atom stereocenters. The summed E-state index contributed by atoms with van der Waals surface area (Å²) in [6.45, 7) is 7.59. The summed E-state index contributed by atoms with van der Waals surface area (Å²) < 4.78 is 11.6. The Morgan fingerprint density at radius 1 is 1.24 bits per heavy atom. The minimum Gasteiger partial charge on any atom is -0.493 e. The Morgan fingerprint density at radius 3 is 2.70 bits per heavy atom. The minimum atomic E-state index is -0.213. The van der Waals surface area contributed by atoms with Gasteiger partial charge in [0, 0.05) is 24.0 Å². The van der Waals surface area contributed by atoms with Gasteiger partial charge in [-0.2, -0.15) is 0 Å². The van der Waals surface area contributed by atoms with Crippen molar-refractivity contribution in [2.24, 2.45) is 0 Å². The number of carbonyl (C=O) groups excluding carboxylic acids is 2. The molecule has 0 bridgehead atoms. The highest BCUT2D eigenvalue weighted by atomic mass is 32.1. The van der Waals surface area contributed by atoms with Crippen molar-refractivity contribution in [2.45, 2.75) is 52.1 Å². The largest absolute Gasteiger partial charge is 0.493 e. The second-order valence-electron chi connectivity index (χ2n) is 8.23. The van der Waals surface area contributed by atoms with Crippen LogP contribution in [0.1, 0.15) is 50.1 Å². The molecule has 33 heavy (non-hydrogen) atoms. The van der Waals surface area contributed by atoms with Gasteiger partial charge in [0.1, 0.15) is 13.2 Å². The zero-order chi connectivity index (χ0) is 23.8. The smallest absolute Gasteiger partial charge is 0.318 e. The van der Waals surface area contributed by atoms with E-state index < -0.39 is 0 Å². The molecule has 2 heterocycles. The maximum absolute atomic E-state index is 13.5. The number of hydrogen-bond acceptors (Lipinski definition) is 5. The number of rotatable bonds is 10. The average molecular weight is 474 g/mol. The lowest BCUT2D eigenvalue weighted by molar-refractivity contribution is -0.135. The van der Waals surface area contributed by atoms with Crippen LogP contribution in [0.4, 0.5) is 4.79 Å². The molecular formula is C25H35N3O4S. The van der Waals surface area contributed by atoms with Crippen LogP contribution >= 0.6 is 11.3 Å². The lowest BCUT2D eigenvalue weighted by atomic mass is 10.00. The number of thiophene rings is 1. The highest BCUT2D eigenvalue weighted by molar-refractivity contribution is 7.10. The monoisotopic (exact) mass is 473 g/mol. The van der Waals surface area contributed by atoms with Crippen LogP contribution in [0.5, 0.6) is 11.5 Å². The number of carbonyl (C=O) groups is 2. The van der Waals surface area contributed by atoms with E-state index in [4.69, 9.17) is 9.47 Å². The van der Waals surface area contributed by atoms with Crippen LogP contribution in [-0.4, -0.2) is 61.1 Å². The van der Waals surface area contributed by atoms with Gasteiger partial charge in [-0.15, -0.1) is 11.3 Å². The average Bonchev–Trinajstić information content (AvgIpc) is 3.33. The molecule has 0 radical (unpaired) electrons. The quantitative estimate of drug-likeness (QED) is 0.552. The van der Waals surface area contributed by atoms with Gasteiger partial charge >= 0.3 is 6.03 Å². The molecule has 0 fully saturated rings. The molecule has 1 N–H and O–H groups in total. The number of urea groups is 1. The van der Waals surface area contributed by atoms with Gasteiger partial charge in [-0.05, 0) is 55.3 Å². The Labute approximate surface area is 200 Å². The first-order valence-electron chi connectivity index (χ1n) is 11.7. The molecule has 0 saturated carbocycles. The topological polar surface area (TPSA) is 71.1 Å². The van der Waals surface area contributed by atoms with E-state index in [0.717, 1.165) is 24.8 Å². The lowest BCUT2D eigenvalue weighted by Crippen LogP contribution is -2.52. The third-order valence-electron chi connectivity index (χ3n) is 6.10. The zero-order valence-electron chi connectivity index (χ0n) is 20.0. The zero-order valence-corrected chi connectivity index (χ0v) is 20.8. The molecule has 1 aliphatic heterocycles. The Hall–Kier alpha value is -2.74. The summed E-state index contributed by atoms with van der Waals surface area (Å²) in [6, 6.07) is 9.16. The highest BCUT2D eigenvalue weighted by Gasteiger charge is 2.34. The van der Waals surface area contributed by atoms with Gasteiger partial charge in [-0.1, -0.05) is 26.0 Å². The fraction of sp³-hybridized carbons (Fsp3) is 0.520. The van der Waals surface area contributed by atoms with E-state index in [-0.39, 0.29) is 30.6 Å². The van der Waals surface area contributed by atoms with Gasteiger partial charge in [-0.25, -0.2) is 4.79 Å². The van der Waals surface area contributed by atoms with Gasteiger partial charge in [0.15, 0.2) is 11.5 Å². The van der Waals surface area contributed by atoms with E-state index in [2.05, 4.69) is 16.8 Å². The van der Waals surface area contributed by atoms with E-state index in [1.165, 1.54) is 4.88 Å². The van der Waals surface area contributed by atoms with Crippen molar-refractivity contribution in [3.8, 4) is 11.5 Å². The third kappa shape index (κ3) is 5.99. The number of nitrogens with one attached hydrogen (secondary N) is 1. The number of amides is 3. The molecule has 3 rings (SSSR count). The fourth-order valence-corrected chi connectivity index (χ4v) is 4.93.